The van der Waals surface area contributed by atoms with E-state index in [-0.39, 0.29) is 5.91 Å². The van der Waals surface area contributed by atoms with Crippen molar-refractivity contribution in [3.63, 3.8) is 0 Å². The molecule has 4 nitrogen and oxygen atoms in total. The van der Waals surface area contributed by atoms with Gasteiger partial charge in [-0.1, -0.05) is 41.9 Å². The highest BCUT2D eigenvalue weighted by molar-refractivity contribution is 7.98. The standard InChI is InChI=1S/C23H22ClN3OS/c24-20-5-1-2-6-21(20)26-13-15-27(16-14-26)23(28)19-10-8-18(9-11-19)17-29-22-7-3-4-12-25-22/h1-12H,13-17H2. The Morgan fingerprint density at radius 3 is 2.34 bits per heavy atom. The Morgan fingerprint density at radius 1 is 0.931 bits per heavy atom. The van der Waals surface area contributed by atoms with Gasteiger partial charge in [0, 0.05) is 43.7 Å². The van der Waals surface area contributed by atoms with E-state index >= 15 is 0 Å². The fourth-order valence-corrected chi connectivity index (χ4v) is 4.45. The molecule has 2 aromatic carbocycles. The van der Waals surface area contributed by atoms with Crippen molar-refractivity contribution in [1.82, 2.24) is 9.88 Å². The summed E-state index contributed by atoms with van der Waals surface area (Å²) in [5.41, 5.74) is 2.96. The third kappa shape index (κ3) is 4.92. The number of pyridine rings is 1. The molecule has 0 bridgehead atoms. The molecular formula is C23H22ClN3OS. The minimum Gasteiger partial charge on any atom is -0.367 e. The van der Waals surface area contributed by atoms with Crippen LogP contribution in [0.5, 0.6) is 0 Å². The summed E-state index contributed by atoms with van der Waals surface area (Å²) in [6.07, 6.45) is 1.80. The summed E-state index contributed by atoms with van der Waals surface area (Å²) in [6.45, 7) is 2.96. The van der Waals surface area contributed by atoms with Gasteiger partial charge < -0.3 is 9.80 Å². The van der Waals surface area contributed by atoms with Gasteiger partial charge in [-0.15, -0.1) is 11.8 Å². The highest BCUT2D eigenvalue weighted by Gasteiger charge is 2.23. The molecule has 1 aliphatic rings. The van der Waals surface area contributed by atoms with Crippen LogP contribution in [0.4, 0.5) is 5.69 Å². The lowest BCUT2D eigenvalue weighted by Gasteiger charge is -2.36. The maximum absolute atomic E-state index is 12.9. The van der Waals surface area contributed by atoms with Gasteiger partial charge in [0.25, 0.3) is 5.91 Å². The Bertz CT molecular complexity index is 957. The maximum Gasteiger partial charge on any atom is 0.253 e. The number of anilines is 1. The fraction of sp³-hybridized carbons (Fsp3) is 0.217. The van der Waals surface area contributed by atoms with Crippen molar-refractivity contribution in [2.75, 3.05) is 31.1 Å². The highest BCUT2D eigenvalue weighted by Crippen LogP contribution is 2.26. The zero-order chi connectivity index (χ0) is 20.1. The molecule has 0 atom stereocenters. The predicted molar refractivity (Wildman–Crippen MR) is 120 cm³/mol. The quantitative estimate of drug-likeness (QED) is 0.542. The number of amides is 1. The maximum atomic E-state index is 12.9. The summed E-state index contributed by atoms with van der Waals surface area (Å²) in [4.78, 5) is 21.4. The van der Waals surface area contributed by atoms with Crippen LogP contribution in [0.2, 0.25) is 5.02 Å². The molecule has 0 radical (unpaired) electrons. The van der Waals surface area contributed by atoms with Gasteiger partial charge in [-0.25, -0.2) is 4.98 Å². The summed E-state index contributed by atoms with van der Waals surface area (Å²) in [7, 11) is 0. The van der Waals surface area contributed by atoms with Gasteiger partial charge in [0.2, 0.25) is 0 Å². The van der Waals surface area contributed by atoms with E-state index in [4.69, 9.17) is 11.6 Å². The van der Waals surface area contributed by atoms with Crippen LogP contribution >= 0.6 is 23.4 Å². The predicted octanol–water partition coefficient (Wildman–Crippen LogP) is 4.99. The third-order valence-electron chi connectivity index (χ3n) is 4.99. The van der Waals surface area contributed by atoms with E-state index in [9.17, 15) is 4.79 Å². The average molecular weight is 424 g/mol. The summed E-state index contributed by atoms with van der Waals surface area (Å²) in [5, 5.41) is 1.76. The van der Waals surface area contributed by atoms with Crippen molar-refractivity contribution in [3.05, 3.63) is 89.1 Å². The number of thioether (sulfide) groups is 1. The van der Waals surface area contributed by atoms with Crippen molar-refractivity contribution in [3.8, 4) is 0 Å². The number of aromatic nitrogens is 1. The van der Waals surface area contributed by atoms with Crippen LogP contribution in [0.25, 0.3) is 0 Å². The highest BCUT2D eigenvalue weighted by atomic mass is 35.5. The summed E-state index contributed by atoms with van der Waals surface area (Å²) >= 11 is 8.00. The van der Waals surface area contributed by atoms with Gasteiger partial charge in [-0.05, 0) is 42.0 Å². The molecule has 1 fully saturated rings. The van der Waals surface area contributed by atoms with Crippen LogP contribution in [0.15, 0.2) is 78.0 Å². The Hall–Kier alpha value is -2.50. The molecule has 0 saturated carbocycles. The zero-order valence-corrected chi connectivity index (χ0v) is 17.6. The second kappa shape index (κ2) is 9.33. The zero-order valence-electron chi connectivity index (χ0n) is 16.0. The van der Waals surface area contributed by atoms with Crippen LogP contribution < -0.4 is 4.90 Å². The lowest BCUT2D eigenvalue weighted by Crippen LogP contribution is -2.48. The molecule has 148 valence electrons. The molecule has 0 spiro atoms. The van der Waals surface area contributed by atoms with Gasteiger partial charge in [0.05, 0.1) is 15.7 Å². The van der Waals surface area contributed by atoms with Crippen molar-refractivity contribution in [2.24, 2.45) is 0 Å². The molecule has 0 unspecified atom stereocenters. The first-order valence-corrected chi connectivity index (χ1v) is 11.0. The van der Waals surface area contributed by atoms with Crippen molar-refractivity contribution in [2.45, 2.75) is 10.8 Å². The smallest absolute Gasteiger partial charge is 0.253 e. The SMILES string of the molecule is O=C(c1ccc(CSc2ccccn2)cc1)N1CCN(c2ccccc2Cl)CC1. The summed E-state index contributed by atoms with van der Waals surface area (Å²) in [5.74, 6) is 0.926. The van der Waals surface area contributed by atoms with Crippen LogP contribution in [0, 0.1) is 0 Å². The number of hydrogen-bond donors (Lipinski definition) is 0. The van der Waals surface area contributed by atoms with E-state index in [2.05, 4.69) is 9.88 Å². The Morgan fingerprint density at radius 2 is 1.66 bits per heavy atom. The lowest BCUT2D eigenvalue weighted by atomic mass is 10.1. The molecule has 0 N–H and O–H groups in total. The minimum atomic E-state index is 0.0905. The normalized spacial score (nSPS) is 14.1. The number of nitrogens with zero attached hydrogens (tertiary/aromatic N) is 3. The number of piperazine rings is 1. The first-order valence-electron chi connectivity index (χ1n) is 9.62. The van der Waals surface area contributed by atoms with Crippen molar-refractivity contribution < 1.29 is 4.79 Å². The van der Waals surface area contributed by atoms with Crippen LogP contribution in [-0.4, -0.2) is 42.0 Å². The van der Waals surface area contributed by atoms with E-state index in [1.54, 1.807) is 18.0 Å². The van der Waals surface area contributed by atoms with E-state index in [0.717, 1.165) is 40.1 Å². The van der Waals surface area contributed by atoms with Crippen LogP contribution in [0.3, 0.4) is 0 Å². The van der Waals surface area contributed by atoms with Crippen LogP contribution in [0.1, 0.15) is 15.9 Å². The van der Waals surface area contributed by atoms with Gasteiger partial charge in [-0.3, -0.25) is 4.79 Å². The Kier molecular flexibility index (Phi) is 6.37. The van der Waals surface area contributed by atoms with Gasteiger partial charge in [-0.2, -0.15) is 0 Å². The van der Waals surface area contributed by atoms with Gasteiger partial charge >= 0.3 is 0 Å². The fourth-order valence-electron chi connectivity index (χ4n) is 3.37. The first-order chi connectivity index (χ1) is 14.2. The lowest BCUT2D eigenvalue weighted by molar-refractivity contribution is 0.0747. The molecule has 1 aromatic heterocycles. The molecule has 0 aliphatic carbocycles. The number of rotatable bonds is 5. The Balaban J connectivity index is 1.32. The number of carbonyl (C=O) groups excluding carboxylic acids is 1. The van der Waals surface area contributed by atoms with E-state index in [1.807, 2.05) is 71.6 Å². The second-order valence-corrected chi connectivity index (χ2v) is 8.29. The second-order valence-electron chi connectivity index (χ2n) is 6.88. The van der Waals surface area contributed by atoms with Crippen molar-refractivity contribution >= 4 is 35.0 Å². The molecule has 1 amide bonds. The number of carbonyl (C=O) groups is 1. The van der Waals surface area contributed by atoms with Crippen LogP contribution in [-0.2, 0) is 5.75 Å². The molecule has 4 rings (SSSR count). The summed E-state index contributed by atoms with van der Waals surface area (Å²) < 4.78 is 0. The molecule has 2 heterocycles. The van der Waals surface area contributed by atoms with E-state index in [1.165, 1.54) is 5.56 Å². The number of halogens is 1. The molecule has 3 aromatic rings. The molecule has 6 heteroatoms. The number of hydrogen-bond acceptors (Lipinski definition) is 4. The average Bonchev–Trinajstić information content (AvgIpc) is 2.79. The minimum absolute atomic E-state index is 0.0905. The molecule has 29 heavy (non-hydrogen) atoms. The number of para-hydroxylation sites is 1. The van der Waals surface area contributed by atoms with E-state index < -0.39 is 0 Å². The van der Waals surface area contributed by atoms with Gasteiger partial charge in [0.1, 0.15) is 0 Å². The molecular weight excluding hydrogens is 402 g/mol. The van der Waals surface area contributed by atoms with Crippen molar-refractivity contribution in [1.29, 1.82) is 0 Å². The monoisotopic (exact) mass is 423 g/mol. The van der Waals surface area contributed by atoms with E-state index in [0.29, 0.717) is 13.1 Å². The third-order valence-corrected chi connectivity index (χ3v) is 6.32. The Labute approximate surface area is 180 Å². The largest absolute Gasteiger partial charge is 0.367 e. The molecule has 1 saturated heterocycles. The number of benzene rings is 2. The first kappa shape index (κ1) is 19.8. The topological polar surface area (TPSA) is 36.4 Å². The van der Waals surface area contributed by atoms with Gasteiger partial charge in [0.15, 0.2) is 0 Å². The molecule has 1 aliphatic heterocycles. The summed E-state index contributed by atoms with van der Waals surface area (Å²) in [6, 6.07) is 21.7.